The number of halogens is 1. The summed E-state index contributed by atoms with van der Waals surface area (Å²) in [5.74, 6) is 0.390. The molecule has 0 unspecified atom stereocenters. The van der Waals surface area contributed by atoms with Crippen molar-refractivity contribution in [2.24, 2.45) is 0 Å². The molecule has 1 amide bonds. The van der Waals surface area contributed by atoms with Crippen LogP contribution in [0.15, 0.2) is 30.7 Å². The molecule has 3 rings (SSSR count). The number of nitrogens with zero attached hydrogens (tertiary/aromatic N) is 4. The fourth-order valence-electron chi connectivity index (χ4n) is 2.00. The molecule has 3 aromatic rings. The zero-order valence-corrected chi connectivity index (χ0v) is 11.7. The molecule has 1 N–H and O–H groups in total. The van der Waals surface area contributed by atoms with Crippen LogP contribution in [0.2, 0.25) is 5.02 Å². The Balaban J connectivity index is 2.34. The molecule has 0 radical (unpaired) electrons. The van der Waals surface area contributed by atoms with Gasteiger partial charge in [-0.2, -0.15) is 0 Å². The first-order valence-electron chi connectivity index (χ1n) is 5.97. The molecule has 7 heteroatoms. The summed E-state index contributed by atoms with van der Waals surface area (Å²) in [6.07, 6.45) is 5.04. The van der Waals surface area contributed by atoms with Crippen molar-refractivity contribution in [1.29, 1.82) is 0 Å². The van der Waals surface area contributed by atoms with E-state index in [4.69, 9.17) is 11.6 Å². The number of carbonyl (C=O) groups is 1. The van der Waals surface area contributed by atoms with Crippen LogP contribution in [0, 0.1) is 0 Å². The lowest BCUT2D eigenvalue weighted by atomic mass is 10.3. The Hall–Kier alpha value is -2.34. The van der Waals surface area contributed by atoms with Crippen molar-refractivity contribution in [3.8, 4) is 11.5 Å². The van der Waals surface area contributed by atoms with Crippen LogP contribution in [0.1, 0.15) is 10.5 Å². The fraction of sp³-hybridized carbons (Fsp3) is 0.154. The van der Waals surface area contributed by atoms with E-state index in [0.29, 0.717) is 27.9 Å². The topological polar surface area (TPSA) is 66.3 Å². The summed E-state index contributed by atoms with van der Waals surface area (Å²) in [6, 6.07) is 3.50. The lowest BCUT2D eigenvalue weighted by Gasteiger charge is -2.09. The molecule has 3 heterocycles. The Morgan fingerprint density at radius 1 is 1.40 bits per heavy atom. The van der Waals surface area contributed by atoms with Gasteiger partial charge in [-0.05, 0) is 12.1 Å². The Morgan fingerprint density at radius 2 is 2.20 bits per heavy atom. The Kier molecular flexibility index (Phi) is 2.94. The van der Waals surface area contributed by atoms with E-state index >= 15 is 0 Å². The highest BCUT2D eigenvalue weighted by molar-refractivity contribution is 6.30. The Labute approximate surface area is 120 Å². The van der Waals surface area contributed by atoms with Crippen LogP contribution in [0.25, 0.3) is 17.2 Å². The summed E-state index contributed by atoms with van der Waals surface area (Å²) in [4.78, 5) is 25.4. The average Bonchev–Trinajstić information content (AvgIpc) is 3.03. The van der Waals surface area contributed by atoms with E-state index in [1.54, 1.807) is 49.2 Å². The summed E-state index contributed by atoms with van der Waals surface area (Å²) in [7, 11) is 3.37. The summed E-state index contributed by atoms with van der Waals surface area (Å²) in [6.45, 7) is 0. The first-order valence-corrected chi connectivity index (χ1v) is 6.34. The molecule has 102 valence electrons. The second-order valence-electron chi connectivity index (χ2n) is 4.52. The lowest BCUT2D eigenvalue weighted by molar-refractivity contribution is 0.0823. The second-order valence-corrected chi connectivity index (χ2v) is 4.96. The smallest absolute Gasteiger partial charge is 0.274 e. The maximum atomic E-state index is 12.3. The molecule has 0 atom stereocenters. The van der Waals surface area contributed by atoms with Gasteiger partial charge in [0.2, 0.25) is 0 Å². The molecule has 6 nitrogen and oxygen atoms in total. The van der Waals surface area contributed by atoms with E-state index in [1.807, 2.05) is 0 Å². The number of aromatic amines is 1. The van der Waals surface area contributed by atoms with Crippen LogP contribution in [-0.2, 0) is 0 Å². The van der Waals surface area contributed by atoms with Gasteiger partial charge in [0.15, 0.2) is 11.5 Å². The number of hydrogen-bond donors (Lipinski definition) is 1. The first kappa shape index (κ1) is 12.7. The SMILES string of the molecule is CN(C)C(=O)c1nc2ccc(Cl)cn2c1-c1ncc[nH]1. The third kappa shape index (κ3) is 1.94. The van der Waals surface area contributed by atoms with Crippen molar-refractivity contribution in [3.63, 3.8) is 0 Å². The molecule has 0 fully saturated rings. The highest BCUT2D eigenvalue weighted by atomic mass is 35.5. The highest BCUT2D eigenvalue weighted by Gasteiger charge is 2.23. The highest BCUT2D eigenvalue weighted by Crippen LogP contribution is 2.24. The number of hydrogen-bond acceptors (Lipinski definition) is 3. The quantitative estimate of drug-likeness (QED) is 0.785. The van der Waals surface area contributed by atoms with Gasteiger partial charge in [-0.15, -0.1) is 0 Å². The van der Waals surface area contributed by atoms with Gasteiger partial charge in [-0.1, -0.05) is 11.6 Å². The predicted molar refractivity (Wildman–Crippen MR) is 75.8 cm³/mol. The molecule has 0 spiro atoms. The molecule has 0 bridgehead atoms. The Morgan fingerprint density at radius 3 is 2.85 bits per heavy atom. The maximum absolute atomic E-state index is 12.3. The standard InChI is InChI=1S/C13H12ClN5O/c1-18(2)13(20)10-11(12-15-5-6-16-12)19-7-8(14)3-4-9(19)17-10/h3-7H,1-2H3,(H,15,16). The van der Waals surface area contributed by atoms with Gasteiger partial charge in [-0.25, -0.2) is 9.97 Å². The predicted octanol–water partition coefficient (Wildman–Crippen LogP) is 2.08. The number of aromatic nitrogens is 4. The number of carbonyl (C=O) groups excluding carboxylic acids is 1. The van der Waals surface area contributed by atoms with Crippen molar-refractivity contribution in [2.75, 3.05) is 14.1 Å². The molecule has 0 saturated carbocycles. The van der Waals surface area contributed by atoms with Crippen molar-refractivity contribution in [2.45, 2.75) is 0 Å². The first-order chi connectivity index (χ1) is 9.58. The van der Waals surface area contributed by atoms with Gasteiger partial charge >= 0.3 is 0 Å². The monoisotopic (exact) mass is 289 g/mol. The zero-order chi connectivity index (χ0) is 14.3. The van der Waals surface area contributed by atoms with Crippen molar-refractivity contribution in [3.05, 3.63) is 41.4 Å². The van der Waals surface area contributed by atoms with Crippen LogP contribution in [-0.4, -0.2) is 44.3 Å². The van der Waals surface area contributed by atoms with Gasteiger partial charge < -0.3 is 9.88 Å². The summed E-state index contributed by atoms with van der Waals surface area (Å²) in [5, 5.41) is 0.562. The van der Waals surface area contributed by atoms with Crippen LogP contribution < -0.4 is 0 Å². The van der Waals surface area contributed by atoms with Crippen LogP contribution in [0.4, 0.5) is 0 Å². The number of pyridine rings is 1. The van der Waals surface area contributed by atoms with Gasteiger partial charge in [0.25, 0.3) is 5.91 Å². The van der Waals surface area contributed by atoms with E-state index in [9.17, 15) is 4.79 Å². The summed E-state index contributed by atoms with van der Waals surface area (Å²) in [5.41, 5.74) is 1.59. The molecule has 0 aliphatic heterocycles. The molecule has 3 aromatic heterocycles. The largest absolute Gasteiger partial charge is 0.343 e. The van der Waals surface area contributed by atoms with Crippen molar-refractivity contribution >= 4 is 23.2 Å². The van der Waals surface area contributed by atoms with Crippen LogP contribution >= 0.6 is 11.6 Å². The minimum absolute atomic E-state index is 0.184. The molecule has 0 aromatic carbocycles. The van der Waals surface area contributed by atoms with E-state index in [2.05, 4.69) is 15.0 Å². The number of rotatable bonds is 2. The molecule has 0 aliphatic carbocycles. The normalized spacial score (nSPS) is 10.9. The number of H-pyrrole nitrogens is 1. The van der Waals surface area contributed by atoms with Gasteiger partial charge in [-0.3, -0.25) is 9.20 Å². The molecule has 0 saturated heterocycles. The van der Waals surface area contributed by atoms with Gasteiger partial charge in [0.05, 0.1) is 5.02 Å². The summed E-state index contributed by atoms with van der Waals surface area (Å²) >= 11 is 6.03. The van der Waals surface area contributed by atoms with Crippen LogP contribution in [0.5, 0.6) is 0 Å². The van der Waals surface area contributed by atoms with E-state index in [0.717, 1.165) is 0 Å². The second kappa shape index (κ2) is 4.64. The average molecular weight is 290 g/mol. The minimum atomic E-state index is -0.184. The van der Waals surface area contributed by atoms with E-state index in [-0.39, 0.29) is 5.91 Å². The number of nitrogens with one attached hydrogen (secondary N) is 1. The molecule has 20 heavy (non-hydrogen) atoms. The molecule has 0 aliphatic rings. The third-order valence-electron chi connectivity index (χ3n) is 2.91. The van der Waals surface area contributed by atoms with Crippen LogP contribution in [0.3, 0.4) is 0 Å². The van der Waals surface area contributed by atoms with Crippen molar-refractivity contribution < 1.29 is 4.79 Å². The molecular formula is C13H12ClN5O. The fourth-order valence-corrected chi connectivity index (χ4v) is 2.16. The number of imidazole rings is 2. The number of fused-ring (bicyclic) bond motifs is 1. The molecular weight excluding hydrogens is 278 g/mol. The lowest BCUT2D eigenvalue weighted by Crippen LogP contribution is -2.22. The van der Waals surface area contributed by atoms with E-state index in [1.165, 1.54) is 4.90 Å². The zero-order valence-electron chi connectivity index (χ0n) is 11.0. The van der Waals surface area contributed by atoms with Crippen molar-refractivity contribution in [1.82, 2.24) is 24.3 Å². The van der Waals surface area contributed by atoms with Gasteiger partial charge in [0, 0.05) is 32.7 Å². The van der Waals surface area contributed by atoms with E-state index < -0.39 is 0 Å². The third-order valence-corrected chi connectivity index (χ3v) is 3.14. The Bertz CT molecular complexity index is 776. The minimum Gasteiger partial charge on any atom is -0.343 e. The summed E-state index contributed by atoms with van der Waals surface area (Å²) < 4.78 is 1.76. The maximum Gasteiger partial charge on any atom is 0.274 e. The number of amides is 1. The van der Waals surface area contributed by atoms with Gasteiger partial charge in [0.1, 0.15) is 11.3 Å².